The standard InChI is InChI=1S/C19H27N7O3/c1-18(28)13-19(4-9-25(10-5-19)15-3-7-21-17(20)24-15)29-12-14(18)23-16(27)11-26-8-2-6-22-26/h2-3,6-8,14,28H,4-5,9-13H2,1H3,(H,23,27)(H2,20,21,24)/t14-,18-/m0/s1. The fourth-order valence-electron chi connectivity index (χ4n) is 4.25. The third kappa shape index (κ3) is 4.33. The fraction of sp³-hybridized carbons (Fsp3) is 0.579. The van der Waals surface area contributed by atoms with Gasteiger partial charge >= 0.3 is 0 Å². The first-order chi connectivity index (χ1) is 13.9. The number of nitrogen functional groups attached to an aromatic ring is 1. The minimum absolute atomic E-state index is 0.113. The molecule has 0 radical (unpaired) electrons. The van der Waals surface area contributed by atoms with Crippen molar-refractivity contribution >= 4 is 17.7 Å². The van der Waals surface area contributed by atoms with E-state index >= 15 is 0 Å². The van der Waals surface area contributed by atoms with Gasteiger partial charge in [-0.1, -0.05) is 0 Å². The van der Waals surface area contributed by atoms with Crippen molar-refractivity contribution in [3.8, 4) is 0 Å². The van der Waals surface area contributed by atoms with E-state index in [0.717, 1.165) is 31.7 Å². The number of rotatable bonds is 4. The normalized spacial score (nSPS) is 26.4. The molecule has 2 aromatic rings. The molecule has 10 nitrogen and oxygen atoms in total. The monoisotopic (exact) mass is 401 g/mol. The number of hydrogen-bond donors (Lipinski definition) is 3. The highest BCUT2D eigenvalue weighted by Gasteiger charge is 2.49. The van der Waals surface area contributed by atoms with Crippen LogP contribution in [0.3, 0.4) is 0 Å². The lowest BCUT2D eigenvalue weighted by Crippen LogP contribution is -2.64. The van der Waals surface area contributed by atoms with Gasteiger partial charge in [0, 0.05) is 38.1 Å². The number of ether oxygens (including phenoxy) is 1. The second kappa shape index (κ2) is 7.60. The Hall–Kier alpha value is -2.72. The van der Waals surface area contributed by atoms with Crippen LogP contribution >= 0.6 is 0 Å². The number of nitrogens with one attached hydrogen (secondary N) is 1. The molecule has 2 aliphatic heterocycles. The van der Waals surface area contributed by atoms with Gasteiger partial charge in [0.05, 0.1) is 23.9 Å². The molecular formula is C19H27N7O3. The lowest BCUT2D eigenvalue weighted by Gasteiger charge is -2.51. The number of carbonyl (C=O) groups excluding carboxylic acids is 1. The summed E-state index contributed by atoms with van der Waals surface area (Å²) in [5.41, 5.74) is 4.23. The minimum Gasteiger partial charge on any atom is -0.388 e. The van der Waals surface area contributed by atoms with Gasteiger partial charge < -0.3 is 25.8 Å². The molecule has 2 atom stereocenters. The molecule has 10 heteroatoms. The molecule has 0 aromatic carbocycles. The van der Waals surface area contributed by atoms with Crippen LogP contribution in [-0.2, 0) is 16.1 Å². The van der Waals surface area contributed by atoms with Crippen LogP contribution in [0.4, 0.5) is 11.8 Å². The number of piperidine rings is 1. The molecular weight excluding hydrogens is 374 g/mol. The molecule has 4 heterocycles. The van der Waals surface area contributed by atoms with E-state index in [4.69, 9.17) is 10.5 Å². The Morgan fingerprint density at radius 3 is 2.86 bits per heavy atom. The van der Waals surface area contributed by atoms with Crippen molar-refractivity contribution in [3.05, 3.63) is 30.7 Å². The first-order valence-corrected chi connectivity index (χ1v) is 9.82. The maximum absolute atomic E-state index is 12.3. The predicted octanol–water partition coefficient (Wildman–Crippen LogP) is -0.0494. The molecule has 0 aliphatic carbocycles. The summed E-state index contributed by atoms with van der Waals surface area (Å²) in [4.78, 5) is 22.7. The van der Waals surface area contributed by atoms with Crippen LogP contribution in [0.25, 0.3) is 0 Å². The second-order valence-electron chi connectivity index (χ2n) is 8.11. The van der Waals surface area contributed by atoms with E-state index in [1.54, 1.807) is 36.3 Å². The third-order valence-electron chi connectivity index (χ3n) is 5.85. The topological polar surface area (TPSA) is 131 Å². The summed E-state index contributed by atoms with van der Waals surface area (Å²) in [6.45, 7) is 3.67. The predicted molar refractivity (Wildman–Crippen MR) is 106 cm³/mol. The maximum atomic E-state index is 12.3. The highest BCUT2D eigenvalue weighted by Crippen LogP contribution is 2.40. The molecule has 4 rings (SSSR count). The average Bonchev–Trinajstić information content (AvgIpc) is 3.17. The molecule has 2 aliphatic rings. The van der Waals surface area contributed by atoms with Crippen LogP contribution in [0.15, 0.2) is 30.7 Å². The van der Waals surface area contributed by atoms with E-state index in [-0.39, 0.29) is 25.0 Å². The maximum Gasteiger partial charge on any atom is 0.242 e. The van der Waals surface area contributed by atoms with Gasteiger partial charge in [-0.25, -0.2) is 4.98 Å². The first-order valence-electron chi connectivity index (χ1n) is 9.82. The van der Waals surface area contributed by atoms with Crippen LogP contribution in [0.5, 0.6) is 0 Å². The summed E-state index contributed by atoms with van der Waals surface area (Å²) in [7, 11) is 0. The largest absolute Gasteiger partial charge is 0.388 e. The molecule has 29 heavy (non-hydrogen) atoms. The van der Waals surface area contributed by atoms with Crippen molar-refractivity contribution in [2.75, 3.05) is 30.3 Å². The summed E-state index contributed by atoms with van der Waals surface area (Å²) >= 11 is 0. The molecule has 2 saturated heterocycles. The summed E-state index contributed by atoms with van der Waals surface area (Å²) in [5, 5.41) is 18.0. The Kier molecular flexibility index (Phi) is 5.13. The van der Waals surface area contributed by atoms with Crippen LogP contribution in [0.1, 0.15) is 26.2 Å². The van der Waals surface area contributed by atoms with Gasteiger partial charge in [-0.2, -0.15) is 10.1 Å². The number of nitrogens with zero attached hydrogens (tertiary/aromatic N) is 5. The molecule has 1 spiro atoms. The van der Waals surface area contributed by atoms with Gasteiger partial charge in [-0.05, 0) is 31.9 Å². The Morgan fingerprint density at radius 1 is 1.41 bits per heavy atom. The van der Waals surface area contributed by atoms with Gasteiger partial charge in [0.2, 0.25) is 11.9 Å². The summed E-state index contributed by atoms with van der Waals surface area (Å²) < 4.78 is 7.76. The Labute approximate surface area is 169 Å². The van der Waals surface area contributed by atoms with Crippen LogP contribution in [0.2, 0.25) is 0 Å². The number of aliphatic hydroxyl groups is 1. The highest BCUT2D eigenvalue weighted by molar-refractivity contribution is 5.76. The zero-order valence-corrected chi connectivity index (χ0v) is 16.5. The molecule has 0 bridgehead atoms. The van der Waals surface area contributed by atoms with Gasteiger partial charge in [-0.3, -0.25) is 9.48 Å². The van der Waals surface area contributed by atoms with Gasteiger partial charge in [0.15, 0.2) is 0 Å². The van der Waals surface area contributed by atoms with Crippen LogP contribution < -0.4 is 16.0 Å². The number of hydrogen-bond acceptors (Lipinski definition) is 8. The smallest absolute Gasteiger partial charge is 0.242 e. The van der Waals surface area contributed by atoms with E-state index in [1.165, 1.54) is 0 Å². The molecule has 0 unspecified atom stereocenters. The average molecular weight is 401 g/mol. The molecule has 2 fully saturated rings. The fourth-order valence-corrected chi connectivity index (χ4v) is 4.25. The number of carbonyl (C=O) groups is 1. The number of anilines is 2. The van der Waals surface area contributed by atoms with Crippen molar-refractivity contribution in [2.24, 2.45) is 0 Å². The number of aromatic nitrogens is 4. The van der Waals surface area contributed by atoms with Gasteiger partial charge in [-0.15, -0.1) is 0 Å². The van der Waals surface area contributed by atoms with Crippen molar-refractivity contribution in [1.82, 2.24) is 25.1 Å². The first kappa shape index (κ1) is 19.6. The van der Waals surface area contributed by atoms with Gasteiger partial charge in [0.1, 0.15) is 12.4 Å². The van der Waals surface area contributed by atoms with E-state index in [1.807, 2.05) is 6.07 Å². The molecule has 156 valence electrons. The second-order valence-corrected chi connectivity index (χ2v) is 8.11. The van der Waals surface area contributed by atoms with E-state index in [2.05, 4.69) is 25.3 Å². The van der Waals surface area contributed by atoms with E-state index in [0.29, 0.717) is 6.42 Å². The van der Waals surface area contributed by atoms with Crippen molar-refractivity contribution < 1.29 is 14.6 Å². The summed E-state index contributed by atoms with van der Waals surface area (Å²) in [5.74, 6) is 0.863. The SMILES string of the molecule is C[C@]1(O)CC2(CCN(c3ccnc(N)n3)CC2)OC[C@@H]1NC(=O)Cn1cccn1. The Bertz CT molecular complexity index is 847. The summed E-state index contributed by atoms with van der Waals surface area (Å²) in [6.07, 6.45) is 7.00. The lowest BCUT2D eigenvalue weighted by atomic mass is 9.75. The van der Waals surface area contributed by atoms with Gasteiger partial charge in [0.25, 0.3) is 0 Å². The van der Waals surface area contributed by atoms with Crippen molar-refractivity contribution in [1.29, 1.82) is 0 Å². The van der Waals surface area contributed by atoms with Crippen LogP contribution in [-0.4, -0.2) is 67.7 Å². The van der Waals surface area contributed by atoms with E-state index < -0.39 is 17.2 Å². The Morgan fingerprint density at radius 2 is 2.21 bits per heavy atom. The molecule has 1 amide bonds. The van der Waals surface area contributed by atoms with E-state index in [9.17, 15) is 9.90 Å². The number of nitrogens with two attached hydrogens (primary N) is 1. The minimum atomic E-state index is -1.06. The molecule has 2 aromatic heterocycles. The lowest BCUT2D eigenvalue weighted by molar-refractivity contribution is -0.181. The zero-order valence-electron chi connectivity index (χ0n) is 16.5. The van der Waals surface area contributed by atoms with Crippen molar-refractivity contribution in [3.63, 3.8) is 0 Å². The summed E-state index contributed by atoms with van der Waals surface area (Å²) in [6, 6.07) is 3.15. The third-order valence-corrected chi connectivity index (χ3v) is 5.85. The molecule has 4 N–H and O–H groups in total. The van der Waals surface area contributed by atoms with Crippen molar-refractivity contribution in [2.45, 2.75) is 50.0 Å². The molecule has 0 saturated carbocycles. The zero-order chi connectivity index (χ0) is 20.5. The quantitative estimate of drug-likeness (QED) is 0.650. The Balaban J connectivity index is 1.34. The van der Waals surface area contributed by atoms with Crippen LogP contribution in [0, 0.1) is 0 Å². The highest BCUT2D eigenvalue weighted by atomic mass is 16.5. The number of amides is 1.